The molecule has 0 aliphatic carbocycles. The van der Waals surface area contributed by atoms with Gasteiger partial charge in [-0.15, -0.1) is 12.4 Å². The van der Waals surface area contributed by atoms with E-state index in [2.05, 4.69) is 15.4 Å². The quantitative estimate of drug-likeness (QED) is 0.504. The Morgan fingerprint density at radius 3 is 2.38 bits per heavy atom. The third kappa shape index (κ3) is 9.69. The van der Waals surface area contributed by atoms with Crippen molar-refractivity contribution >= 4 is 24.3 Å². The van der Waals surface area contributed by atoms with Gasteiger partial charge in [0.05, 0.1) is 7.11 Å². The third-order valence-corrected chi connectivity index (χ3v) is 3.79. The number of hydrogen-bond acceptors (Lipinski definition) is 4. The molecule has 0 spiro atoms. The number of hydrogen-bond donors (Lipinski definition) is 2. The molecule has 0 unspecified atom stereocenters. The molecule has 0 aromatic rings. The average Bonchev–Trinajstić information content (AvgIpc) is 2.50. The smallest absolute Gasteiger partial charge is 0.305 e. The second kappa shape index (κ2) is 12.9. The predicted octanol–water partition coefficient (Wildman–Crippen LogP) is 2.04. The van der Waals surface area contributed by atoms with E-state index in [4.69, 9.17) is 0 Å². The summed E-state index contributed by atoms with van der Waals surface area (Å²) < 4.78 is 4.59. The summed E-state index contributed by atoms with van der Waals surface area (Å²) in [4.78, 5) is 22.7. The number of halogens is 1. The fourth-order valence-electron chi connectivity index (χ4n) is 2.47. The Balaban J connectivity index is 0.00000400. The van der Waals surface area contributed by atoms with Gasteiger partial charge >= 0.3 is 5.97 Å². The zero-order valence-electron chi connectivity index (χ0n) is 13.0. The van der Waals surface area contributed by atoms with Crippen LogP contribution in [0.25, 0.3) is 0 Å². The zero-order chi connectivity index (χ0) is 14.6. The molecule has 21 heavy (non-hydrogen) atoms. The van der Waals surface area contributed by atoms with Gasteiger partial charge in [-0.2, -0.15) is 0 Å². The van der Waals surface area contributed by atoms with Gasteiger partial charge in [0.15, 0.2) is 0 Å². The summed E-state index contributed by atoms with van der Waals surface area (Å²) in [6.07, 6.45) is 7.62. The highest BCUT2D eigenvalue weighted by atomic mass is 35.5. The monoisotopic (exact) mass is 320 g/mol. The standard InChI is InChI=1S/C15H28N2O3.ClH/c1-20-14(18)7-5-3-2-4-6-10-17-15(19)13-8-11-16-12-9-13;/h13,16H,2-12H2,1H3,(H,17,19);1H. The summed E-state index contributed by atoms with van der Waals surface area (Å²) >= 11 is 0. The molecule has 2 N–H and O–H groups in total. The maximum Gasteiger partial charge on any atom is 0.305 e. The van der Waals surface area contributed by atoms with Crippen LogP contribution in [0.2, 0.25) is 0 Å². The molecule has 0 aromatic heterocycles. The maximum atomic E-state index is 11.9. The van der Waals surface area contributed by atoms with Crippen molar-refractivity contribution in [3.63, 3.8) is 0 Å². The number of nitrogens with one attached hydrogen (secondary N) is 2. The van der Waals surface area contributed by atoms with E-state index in [-0.39, 0.29) is 30.2 Å². The highest BCUT2D eigenvalue weighted by Gasteiger charge is 2.19. The van der Waals surface area contributed by atoms with Gasteiger partial charge in [0.1, 0.15) is 0 Å². The fraction of sp³-hybridized carbons (Fsp3) is 0.867. The lowest BCUT2D eigenvalue weighted by Crippen LogP contribution is -2.38. The summed E-state index contributed by atoms with van der Waals surface area (Å²) in [6, 6.07) is 0. The summed E-state index contributed by atoms with van der Waals surface area (Å²) in [7, 11) is 1.42. The zero-order valence-corrected chi connectivity index (χ0v) is 13.8. The summed E-state index contributed by atoms with van der Waals surface area (Å²) in [5, 5.41) is 6.29. The molecular weight excluding hydrogens is 292 g/mol. The minimum atomic E-state index is -0.126. The van der Waals surface area contributed by atoms with Crippen molar-refractivity contribution in [1.82, 2.24) is 10.6 Å². The van der Waals surface area contributed by atoms with Crippen molar-refractivity contribution in [2.24, 2.45) is 5.92 Å². The number of esters is 1. The van der Waals surface area contributed by atoms with E-state index in [1.165, 1.54) is 7.11 Å². The van der Waals surface area contributed by atoms with Gasteiger partial charge in [0, 0.05) is 18.9 Å². The van der Waals surface area contributed by atoms with Crippen LogP contribution in [0, 0.1) is 5.92 Å². The SMILES string of the molecule is COC(=O)CCCCCCCNC(=O)C1CCNCC1.Cl. The summed E-state index contributed by atoms with van der Waals surface area (Å²) in [5.41, 5.74) is 0. The predicted molar refractivity (Wildman–Crippen MR) is 85.6 cm³/mol. The minimum absolute atomic E-state index is 0. The van der Waals surface area contributed by atoms with Gasteiger partial charge < -0.3 is 15.4 Å². The van der Waals surface area contributed by atoms with Gasteiger partial charge in [0.2, 0.25) is 5.91 Å². The Kier molecular flexibility index (Phi) is 12.4. The van der Waals surface area contributed by atoms with E-state index in [9.17, 15) is 9.59 Å². The molecule has 1 aliphatic rings. The molecule has 1 amide bonds. The molecular formula is C15H29ClN2O3. The molecule has 0 saturated carbocycles. The first-order valence-electron chi connectivity index (χ1n) is 7.79. The number of carbonyl (C=O) groups is 2. The van der Waals surface area contributed by atoms with Crippen molar-refractivity contribution in [3.8, 4) is 0 Å². The van der Waals surface area contributed by atoms with E-state index in [0.717, 1.165) is 64.6 Å². The number of carbonyl (C=O) groups excluding carboxylic acids is 2. The number of methoxy groups -OCH3 is 1. The molecule has 0 atom stereocenters. The third-order valence-electron chi connectivity index (χ3n) is 3.79. The molecule has 1 saturated heterocycles. The van der Waals surface area contributed by atoms with E-state index < -0.39 is 0 Å². The first-order valence-corrected chi connectivity index (χ1v) is 7.79. The highest BCUT2D eigenvalue weighted by Crippen LogP contribution is 2.11. The Labute approximate surface area is 134 Å². The molecule has 1 aliphatic heterocycles. The van der Waals surface area contributed by atoms with Crippen LogP contribution in [0.5, 0.6) is 0 Å². The lowest BCUT2D eigenvalue weighted by molar-refractivity contribution is -0.140. The van der Waals surface area contributed by atoms with Crippen LogP contribution < -0.4 is 10.6 Å². The fourth-order valence-corrected chi connectivity index (χ4v) is 2.47. The molecule has 124 valence electrons. The van der Waals surface area contributed by atoms with Crippen molar-refractivity contribution in [3.05, 3.63) is 0 Å². The number of piperidine rings is 1. The van der Waals surface area contributed by atoms with Crippen LogP contribution in [0.15, 0.2) is 0 Å². The van der Waals surface area contributed by atoms with E-state index in [0.29, 0.717) is 6.42 Å². The lowest BCUT2D eigenvalue weighted by atomic mass is 9.97. The Morgan fingerprint density at radius 2 is 1.71 bits per heavy atom. The molecule has 1 rings (SSSR count). The normalized spacial score (nSPS) is 15.1. The van der Waals surface area contributed by atoms with Crippen LogP contribution in [0.3, 0.4) is 0 Å². The Morgan fingerprint density at radius 1 is 1.10 bits per heavy atom. The molecule has 0 radical (unpaired) electrons. The van der Waals surface area contributed by atoms with Crippen molar-refractivity contribution in [2.75, 3.05) is 26.7 Å². The lowest BCUT2D eigenvalue weighted by Gasteiger charge is -2.21. The topological polar surface area (TPSA) is 67.4 Å². The van der Waals surface area contributed by atoms with Crippen LogP contribution in [-0.2, 0) is 14.3 Å². The van der Waals surface area contributed by atoms with Crippen molar-refractivity contribution in [2.45, 2.75) is 51.4 Å². The van der Waals surface area contributed by atoms with Crippen LogP contribution in [-0.4, -0.2) is 38.6 Å². The van der Waals surface area contributed by atoms with Gasteiger partial charge in [-0.25, -0.2) is 0 Å². The summed E-state index contributed by atoms with van der Waals surface area (Å²) in [6.45, 7) is 2.69. The first kappa shape index (κ1) is 20.2. The molecule has 1 fully saturated rings. The molecule has 6 heteroatoms. The largest absolute Gasteiger partial charge is 0.469 e. The van der Waals surface area contributed by atoms with Crippen LogP contribution >= 0.6 is 12.4 Å². The van der Waals surface area contributed by atoms with Gasteiger partial charge in [-0.1, -0.05) is 19.3 Å². The second-order valence-corrected chi connectivity index (χ2v) is 5.41. The average molecular weight is 321 g/mol. The van der Waals surface area contributed by atoms with Crippen molar-refractivity contribution < 1.29 is 14.3 Å². The van der Waals surface area contributed by atoms with Gasteiger partial charge in [-0.05, 0) is 38.8 Å². The van der Waals surface area contributed by atoms with E-state index in [1.54, 1.807) is 0 Å². The Bertz CT molecular complexity index is 295. The van der Waals surface area contributed by atoms with E-state index in [1.807, 2.05) is 0 Å². The number of ether oxygens (including phenoxy) is 1. The van der Waals surface area contributed by atoms with Crippen LogP contribution in [0.4, 0.5) is 0 Å². The summed E-state index contributed by atoms with van der Waals surface area (Å²) in [5.74, 6) is 0.299. The van der Waals surface area contributed by atoms with E-state index >= 15 is 0 Å². The molecule has 5 nitrogen and oxygen atoms in total. The maximum absolute atomic E-state index is 11.9. The van der Waals surface area contributed by atoms with Crippen molar-refractivity contribution in [1.29, 1.82) is 0 Å². The first-order chi connectivity index (χ1) is 9.74. The highest BCUT2D eigenvalue weighted by molar-refractivity contribution is 5.85. The molecule has 0 aromatic carbocycles. The minimum Gasteiger partial charge on any atom is -0.469 e. The second-order valence-electron chi connectivity index (χ2n) is 5.41. The number of amides is 1. The Hall–Kier alpha value is -0.810. The molecule has 0 bridgehead atoms. The number of unbranched alkanes of at least 4 members (excludes halogenated alkanes) is 4. The van der Waals surface area contributed by atoms with Gasteiger partial charge in [0.25, 0.3) is 0 Å². The number of rotatable bonds is 9. The molecule has 1 heterocycles. The van der Waals surface area contributed by atoms with Gasteiger partial charge in [-0.3, -0.25) is 9.59 Å². The van der Waals surface area contributed by atoms with Crippen LogP contribution in [0.1, 0.15) is 51.4 Å².